The van der Waals surface area contributed by atoms with Crippen molar-refractivity contribution in [3.63, 3.8) is 0 Å². The molecule has 100 valence electrons. The summed E-state index contributed by atoms with van der Waals surface area (Å²) >= 11 is 1.70. The number of para-hydroxylation sites is 1. The summed E-state index contributed by atoms with van der Waals surface area (Å²) in [5, 5.41) is 16.4. The molecule has 1 aromatic heterocycles. The van der Waals surface area contributed by atoms with E-state index >= 15 is 0 Å². The largest absolute Gasteiger partial charge is 0.305 e. The zero-order valence-electron chi connectivity index (χ0n) is 10.9. The zero-order valence-corrected chi connectivity index (χ0v) is 11.7. The monoisotopic (exact) mass is 276 g/mol. The molecule has 0 aliphatic heterocycles. The first-order valence-electron chi connectivity index (χ1n) is 6.09. The minimum atomic E-state index is -0.329. The van der Waals surface area contributed by atoms with Crippen LogP contribution in [-0.2, 0) is 6.54 Å². The molecule has 0 fully saturated rings. The normalized spacial score (nSPS) is 12.3. The van der Waals surface area contributed by atoms with E-state index in [1.54, 1.807) is 29.5 Å². The first kappa shape index (κ1) is 13.7. The van der Waals surface area contributed by atoms with Crippen LogP contribution in [0.3, 0.4) is 0 Å². The lowest BCUT2D eigenvalue weighted by atomic mass is 10.1. The van der Waals surface area contributed by atoms with E-state index in [4.69, 9.17) is 0 Å². The average Bonchev–Trinajstić information content (AvgIpc) is 2.81. The van der Waals surface area contributed by atoms with Gasteiger partial charge in [0.1, 0.15) is 0 Å². The fraction of sp³-hybridized carbons (Fsp3) is 0.286. The Balaban J connectivity index is 2.10. The molecule has 4 nitrogen and oxygen atoms in total. The maximum Gasteiger partial charge on any atom is 0.274 e. The highest BCUT2D eigenvalue weighted by Gasteiger charge is 2.17. The summed E-state index contributed by atoms with van der Waals surface area (Å²) in [5.41, 5.74) is 2.15. The third kappa shape index (κ3) is 3.19. The number of rotatable bonds is 5. The van der Waals surface area contributed by atoms with Crippen molar-refractivity contribution in [2.75, 3.05) is 0 Å². The average molecular weight is 276 g/mol. The van der Waals surface area contributed by atoms with Crippen LogP contribution in [0.5, 0.6) is 0 Å². The number of nitro groups is 1. The Kier molecular flexibility index (Phi) is 4.29. The van der Waals surface area contributed by atoms with Crippen LogP contribution in [0.2, 0.25) is 0 Å². The van der Waals surface area contributed by atoms with E-state index in [0.717, 1.165) is 12.1 Å². The summed E-state index contributed by atoms with van der Waals surface area (Å²) in [7, 11) is 0. The molecule has 1 aromatic carbocycles. The van der Waals surface area contributed by atoms with Crippen molar-refractivity contribution in [1.29, 1.82) is 0 Å². The topological polar surface area (TPSA) is 55.2 Å². The van der Waals surface area contributed by atoms with Gasteiger partial charge in [-0.25, -0.2) is 0 Å². The quantitative estimate of drug-likeness (QED) is 0.667. The van der Waals surface area contributed by atoms with Crippen LogP contribution in [0.15, 0.2) is 35.7 Å². The predicted octanol–water partition coefficient (Wildman–Crippen LogP) is 3.82. The third-order valence-corrected chi connectivity index (χ3v) is 4.16. The molecule has 0 radical (unpaired) electrons. The number of hydrogen-bond acceptors (Lipinski definition) is 4. The van der Waals surface area contributed by atoms with E-state index in [-0.39, 0.29) is 16.7 Å². The maximum atomic E-state index is 11.0. The Hall–Kier alpha value is -1.72. The van der Waals surface area contributed by atoms with Crippen molar-refractivity contribution >= 4 is 17.0 Å². The molecule has 5 heteroatoms. The first-order valence-corrected chi connectivity index (χ1v) is 6.97. The van der Waals surface area contributed by atoms with Crippen molar-refractivity contribution in [2.24, 2.45) is 0 Å². The lowest BCUT2D eigenvalue weighted by Crippen LogP contribution is -2.18. The summed E-state index contributed by atoms with van der Waals surface area (Å²) in [6.07, 6.45) is 0. The highest BCUT2D eigenvalue weighted by molar-refractivity contribution is 7.10. The number of nitrogens with one attached hydrogen (secondary N) is 1. The van der Waals surface area contributed by atoms with Crippen molar-refractivity contribution in [1.82, 2.24) is 5.32 Å². The maximum absolute atomic E-state index is 11.0. The standard InChI is InChI=1S/C14H16N2O2S/c1-10-7-8-19-14(10)9-15-11(2)12-5-3-4-6-13(12)16(17)18/h3-8,11,15H,9H2,1-2H3. The fourth-order valence-electron chi connectivity index (χ4n) is 1.96. The second-order valence-corrected chi connectivity index (χ2v) is 5.45. The molecule has 0 aliphatic carbocycles. The van der Waals surface area contributed by atoms with Gasteiger partial charge in [0.15, 0.2) is 0 Å². The van der Waals surface area contributed by atoms with Gasteiger partial charge in [0.2, 0.25) is 0 Å². The Morgan fingerprint density at radius 1 is 1.37 bits per heavy atom. The van der Waals surface area contributed by atoms with Gasteiger partial charge in [-0.2, -0.15) is 0 Å². The third-order valence-electron chi connectivity index (χ3n) is 3.14. The number of nitro benzene ring substituents is 1. The molecule has 0 spiro atoms. The molecule has 2 aromatic rings. The van der Waals surface area contributed by atoms with Gasteiger partial charge in [-0.1, -0.05) is 18.2 Å². The Morgan fingerprint density at radius 3 is 2.74 bits per heavy atom. The van der Waals surface area contributed by atoms with Crippen LogP contribution in [-0.4, -0.2) is 4.92 Å². The molecule has 0 saturated carbocycles. The predicted molar refractivity (Wildman–Crippen MR) is 77.4 cm³/mol. The zero-order chi connectivity index (χ0) is 13.8. The van der Waals surface area contributed by atoms with Crippen LogP contribution >= 0.6 is 11.3 Å². The van der Waals surface area contributed by atoms with E-state index in [2.05, 4.69) is 23.7 Å². The fourth-order valence-corrected chi connectivity index (χ4v) is 2.82. The molecule has 0 aliphatic rings. The summed E-state index contributed by atoms with van der Waals surface area (Å²) in [6, 6.07) is 8.90. The number of aryl methyl sites for hydroxylation is 1. The second kappa shape index (κ2) is 5.95. The second-order valence-electron chi connectivity index (χ2n) is 4.45. The van der Waals surface area contributed by atoms with Gasteiger partial charge in [0, 0.05) is 29.1 Å². The highest BCUT2D eigenvalue weighted by atomic mass is 32.1. The molecular formula is C14H16N2O2S. The minimum Gasteiger partial charge on any atom is -0.305 e. The number of nitrogens with zero attached hydrogens (tertiary/aromatic N) is 1. The van der Waals surface area contributed by atoms with Crippen LogP contribution in [0.4, 0.5) is 5.69 Å². The molecule has 0 bridgehead atoms. The molecule has 2 rings (SSSR count). The van der Waals surface area contributed by atoms with Crippen LogP contribution in [0.25, 0.3) is 0 Å². The summed E-state index contributed by atoms with van der Waals surface area (Å²) < 4.78 is 0. The van der Waals surface area contributed by atoms with E-state index < -0.39 is 0 Å². The van der Waals surface area contributed by atoms with Gasteiger partial charge in [0.05, 0.1) is 4.92 Å². The molecule has 0 amide bonds. The Labute approximate surface area is 116 Å². The van der Waals surface area contributed by atoms with E-state index in [1.807, 2.05) is 13.0 Å². The van der Waals surface area contributed by atoms with Crippen molar-refractivity contribution < 1.29 is 4.92 Å². The summed E-state index contributed by atoms with van der Waals surface area (Å²) in [5.74, 6) is 0. The van der Waals surface area contributed by atoms with Crippen molar-refractivity contribution in [3.8, 4) is 0 Å². The molecule has 1 atom stereocenters. The van der Waals surface area contributed by atoms with Gasteiger partial charge in [-0.05, 0) is 30.9 Å². The van der Waals surface area contributed by atoms with Crippen LogP contribution in [0, 0.1) is 17.0 Å². The number of hydrogen-bond donors (Lipinski definition) is 1. The number of thiophene rings is 1. The molecular weight excluding hydrogens is 260 g/mol. The van der Waals surface area contributed by atoms with Gasteiger partial charge in [-0.15, -0.1) is 11.3 Å². The lowest BCUT2D eigenvalue weighted by molar-refractivity contribution is -0.385. The Bertz CT molecular complexity index is 580. The van der Waals surface area contributed by atoms with Gasteiger partial charge >= 0.3 is 0 Å². The van der Waals surface area contributed by atoms with Gasteiger partial charge in [-0.3, -0.25) is 10.1 Å². The van der Waals surface area contributed by atoms with E-state index in [0.29, 0.717) is 0 Å². The van der Waals surface area contributed by atoms with E-state index in [1.165, 1.54) is 10.4 Å². The smallest absolute Gasteiger partial charge is 0.274 e. The van der Waals surface area contributed by atoms with Crippen LogP contribution in [0.1, 0.15) is 29.0 Å². The Morgan fingerprint density at radius 2 is 2.11 bits per heavy atom. The molecule has 1 N–H and O–H groups in total. The first-order chi connectivity index (χ1) is 9.09. The van der Waals surface area contributed by atoms with Crippen molar-refractivity contribution in [3.05, 3.63) is 61.8 Å². The van der Waals surface area contributed by atoms with Gasteiger partial charge in [0.25, 0.3) is 5.69 Å². The summed E-state index contributed by atoms with van der Waals surface area (Å²) in [4.78, 5) is 11.9. The lowest BCUT2D eigenvalue weighted by Gasteiger charge is -2.14. The van der Waals surface area contributed by atoms with E-state index in [9.17, 15) is 10.1 Å². The molecule has 1 heterocycles. The van der Waals surface area contributed by atoms with Crippen LogP contribution < -0.4 is 5.32 Å². The molecule has 0 saturated heterocycles. The summed E-state index contributed by atoms with van der Waals surface area (Å²) in [6.45, 7) is 4.76. The van der Waals surface area contributed by atoms with Gasteiger partial charge < -0.3 is 5.32 Å². The SMILES string of the molecule is Cc1ccsc1CNC(C)c1ccccc1[N+](=O)[O-]. The minimum absolute atomic E-state index is 0.0527. The highest BCUT2D eigenvalue weighted by Crippen LogP contribution is 2.25. The molecule has 19 heavy (non-hydrogen) atoms. The number of benzene rings is 1. The van der Waals surface area contributed by atoms with Crippen molar-refractivity contribution in [2.45, 2.75) is 26.4 Å². The molecule has 1 unspecified atom stereocenters.